The number of nitrogens with one attached hydrogen (secondary N) is 1. The SMILES string of the molecule is COCC(CCBr)NS(=O)(=O)c1cccc(Cl)c1. The number of benzene rings is 1. The third-order valence-corrected chi connectivity index (χ3v) is 4.46. The average Bonchev–Trinajstić information content (AvgIpc) is 2.29. The lowest BCUT2D eigenvalue weighted by atomic mass is 10.3. The summed E-state index contributed by atoms with van der Waals surface area (Å²) in [5.74, 6) is 0. The van der Waals surface area contributed by atoms with Gasteiger partial charge in [-0.2, -0.15) is 0 Å². The predicted molar refractivity (Wildman–Crippen MR) is 75.8 cm³/mol. The fourth-order valence-electron chi connectivity index (χ4n) is 1.43. The Balaban J connectivity index is 2.86. The van der Waals surface area contributed by atoms with Gasteiger partial charge in [-0.25, -0.2) is 13.1 Å². The van der Waals surface area contributed by atoms with Crippen molar-refractivity contribution >= 4 is 37.6 Å². The van der Waals surface area contributed by atoms with Crippen LogP contribution in [0.2, 0.25) is 5.02 Å². The minimum Gasteiger partial charge on any atom is -0.383 e. The average molecular weight is 357 g/mol. The van der Waals surface area contributed by atoms with Gasteiger partial charge in [-0.15, -0.1) is 0 Å². The molecule has 0 bridgehead atoms. The van der Waals surface area contributed by atoms with Crippen molar-refractivity contribution in [1.29, 1.82) is 0 Å². The number of rotatable bonds is 7. The lowest BCUT2D eigenvalue weighted by Gasteiger charge is -2.17. The summed E-state index contributed by atoms with van der Waals surface area (Å²) in [6, 6.07) is 5.89. The van der Waals surface area contributed by atoms with Crippen LogP contribution in [0.5, 0.6) is 0 Å². The number of halogens is 2. The molecule has 0 radical (unpaired) electrons. The normalized spacial score (nSPS) is 13.5. The second kappa shape index (κ2) is 7.45. The van der Waals surface area contributed by atoms with Gasteiger partial charge in [-0.05, 0) is 24.6 Å². The third-order valence-electron chi connectivity index (χ3n) is 2.25. The van der Waals surface area contributed by atoms with Crippen LogP contribution >= 0.6 is 27.5 Å². The van der Waals surface area contributed by atoms with Crippen molar-refractivity contribution in [3.8, 4) is 0 Å². The highest BCUT2D eigenvalue weighted by molar-refractivity contribution is 9.09. The Bertz CT molecular complexity index is 475. The van der Waals surface area contributed by atoms with E-state index in [1.165, 1.54) is 19.2 Å². The number of sulfonamides is 1. The summed E-state index contributed by atoms with van der Waals surface area (Å²) in [6.07, 6.45) is 0.646. The summed E-state index contributed by atoms with van der Waals surface area (Å²) in [4.78, 5) is 0.158. The molecule has 0 saturated heterocycles. The molecule has 1 N–H and O–H groups in total. The van der Waals surface area contributed by atoms with Gasteiger partial charge in [0.05, 0.1) is 11.5 Å². The molecule has 0 amide bonds. The maximum atomic E-state index is 12.1. The van der Waals surface area contributed by atoms with Gasteiger partial charge in [0, 0.05) is 23.5 Å². The van der Waals surface area contributed by atoms with Crippen molar-refractivity contribution in [3.05, 3.63) is 29.3 Å². The fourth-order valence-corrected chi connectivity index (χ4v) is 3.54. The van der Waals surface area contributed by atoms with Crippen molar-refractivity contribution in [2.24, 2.45) is 0 Å². The van der Waals surface area contributed by atoms with Gasteiger partial charge >= 0.3 is 0 Å². The Morgan fingerprint density at radius 2 is 2.22 bits per heavy atom. The lowest BCUT2D eigenvalue weighted by molar-refractivity contribution is 0.173. The topological polar surface area (TPSA) is 55.4 Å². The van der Waals surface area contributed by atoms with Crippen LogP contribution in [0.4, 0.5) is 0 Å². The molecule has 1 atom stereocenters. The van der Waals surface area contributed by atoms with Crippen molar-refractivity contribution in [1.82, 2.24) is 4.72 Å². The molecule has 0 spiro atoms. The molecule has 18 heavy (non-hydrogen) atoms. The first-order valence-electron chi connectivity index (χ1n) is 5.32. The van der Waals surface area contributed by atoms with E-state index in [0.29, 0.717) is 23.4 Å². The van der Waals surface area contributed by atoms with E-state index in [0.717, 1.165) is 0 Å². The number of hydrogen-bond acceptors (Lipinski definition) is 3. The molecule has 0 aliphatic carbocycles. The molecule has 0 heterocycles. The maximum Gasteiger partial charge on any atom is 0.240 e. The first-order valence-corrected chi connectivity index (χ1v) is 8.30. The highest BCUT2D eigenvalue weighted by atomic mass is 79.9. The van der Waals surface area contributed by atoms with Crippen LogP contribution in [0, 0.1) is 0 Å². The maximum absolute atomic E-state index is 12.1. The minimum absolute atomic E-state index is 0.158. The van der Waals surface area contributed by atoms with E-state index in [9.17, 15) is 8.42 Å². The summed E-state index contributed by atoms with van der Waals surface area (Å²) < 4.78 is 31.8. The first-order chi connectivity index (χ1) is 8.49. The summed E-state index contributed by atoms with van der Waals surface area (Å²) in [7, 11) is -2.03. The van der Waals surface area contributed by atoms with E-state index < -0.39 is 10.0 Å². The highest BCUT2D eigenvalue weighted by Gasteiger charge is 2.19. The summed E-state index contributed by atoms with van der Waals surface area (Å²) in [5.41, 5.74) is 0. The predicted octanol–water partition coefficient (Wildman–Crippen LogP) is 2.42. The van der Waals surface area contributed by atoms with Crippen LogP contribution in [-0.2, 0) is 14.8 Å². The van der Waals surface area contributed by atoms with Crippen molar-refractivity contribution in [2.75, 3.05) is 19.0 Å². The van der Waals surface area contributed by atoms with E-state index >= 15 is 0 Å². The van der Waals surface area contributed by atoms with Crippen LogP contribution < -0.4 is 4.72 Å². The second-order valence-electron chi connectivity index (χ2n) is 3.71. The van der Waals surface area contributed by atoms with Gasteiger partial charge in [0.2, 0.25) is 10.0 Å². The van der Waals surface area contributed by atoms with E-state index in [2.05, 4.69) is 20.7 Å². The molecule has 1 rings (SSSR count). The molecule has 0 aromatic heterocycles. The number of alkyl halides is 1. The number of ether oxygens (including phenoxy) is 1. The molecule has 0 fully saturated rings. The van der Waals surface area contributed by atoms with Crippen LogP contribution in [0.25, 0.3) is 0 Å². The molecule has 102 valence electrons. The summed E-state index contributed by atoms with van der Waals surface area (Å²) >= 11 is 9.07. The Kier molecular flexibility index (Phi) is 6.59. The minimum atomic E-state index is -3.56. The molecule has 1 unspecified atom stereocenters. The number of hydrogen-bond donors (Lipinski definition) is 1. The monoisotopic (exact) mass is 355 g/mol. The van der Waals surface area contributed by atoms with Crippen LogP contribution in [0.3, 0.4) is 0 Å². The van der Waals surface area contributed by atoms with Gasteiger partial charge in [0.25, 0.3) is 0 Å². The first kappa shape index (κ1) is 15.9. The lowest BCUT2D eigenvalue weighted by Crippen LogP contribution is -2.38. The van der Waals surface area contributed by atoms with Gasteiger partial charge in [-0.1, -0.05) is 33.6 Å². The van der Waals surface area contributed by atoms with Gasteiger partial charge < -0.3 is 4.74 Å². The second-order valence-corrected chi connectivity index (χ2v) is 6.65. The smallest absolute Gasteiger partial charge is 0.240 e. The molecule has 0 aliphatic heterocycles. The van der Waals surface area contributed by atoms with Crippen LogP contribution in [0.1, 0.15) is 6.42 Å². The molecule has 0 aliphatic rings. The summed E-state index contributed by atoms with van der Waals surface area (Å²) in [5, 5.41) is 1.08. The van der Waals surface area contributed by atoms with Crippen molar-refractivity contribution in [3.63, 3.8) is 0 Å². The molecule has 1 aromatic rings. The Labute approximate surface area is 121 Å². The Morgan fingerprint density at radius 1 is 1.50 bits per heavy atom. The summed E-state index contributed by atoms with van der Waals surface area (Å²) in [6.45, 7) is 0.325. The molecular weight excluding hydrogens is 342 g/mol. The zero-order chi connectivity index (χ0) is 13.6. The van der Waals surface area contributed by atoms with E-state index in [4.69, 9.17) is 16.3 Å². The quantitative estimate of drug-likeness (QED) is 0.763. The molecule has 7 heteroatoms. The Hall–Kier alpha value is -0.140. The van der Waals surface area contributed by atoms with Gasteiger partial charge in [-0.3, -0.25) is 0 Å². The molecule has 0 saturated carbocycles. The van der Waals surface area contributed by atoms with Crippen LogP contribution in [0.15, 0.2) is 29.2 Å². The fraction of sp³-hybridized carbons (Fsp3) is 0.455. The third kappa shape index (κ3) is 4.85. The largest absolute Gasteiger partial charge is 0.383 e. The zero-order valence-electron chi connectivity index (χ0n) is 9.90. The van der Waals surface area contributed by atoms with E-state index in [1.54, 1.807) is 12.1 Å². The van der Waals surface area contributed by atoms with Crippen LogP contribution in [-0.4, -0.2) is 33.5 Å². The van der Waals surface area contributed by atoms with Gasteiger partial charge in [0.15, 0.2) is 0 Å². The highest BCUT2D eigenvalue weighted by Crippen LogP contribution is 2.16. The van der Waals surface area contributed by atoms with E-state index in [1.807, 2.05) is 0 Å². The van der Waals surface area contributed by atoms with E-state index in [-0.39, 0.29) is 10.9 Å². The number of methoxy groups -OCH3 is 1. The Morgan fingerprint density at radius 3 is 2.78 bits per heavy atom. The molecular formula is C11H15BrClNO3S. The standard InChI is InChI=1S/C11H15BrClNO3S/c1-17-8-10(5-6-12)14-18(15,16)11-4-2-3-9(13)7-11/h2-4,7,10,14H,5-6,8H2,1H3. The van der Waals surface area contributed by atoms with Crippen molar-refractivity contribution in [2.45, 2.75) is 17.4 Å². The van der Waals surface area contributed by atoms with Crippen molar-refractivity contribution < 1.29 is 13.2 Å². The molecule has 4 nitrogen and oxygen atoms in total. The molecule has 1 aromatic carbocycles. The zero-order valence-corrected chi connectivity index (χ0v) is 13.1. The van der Waals surface area contributed by atoms with Gasteiger partial charge in [0.1, 0.15) is 0 Å².